The molecule has 2 fully saturated rings. The average molecular weight is 606 g/mol. The zero-order chi connectivity index (χ0) is 31.1. The van der Waals surface area contributed by atoms with Crippen molar-refractivity contribution in [3.05, 3.63) is 34.9 Å². The molecule has 42 heavy (non-hydrogen) atoms. The molecule has 2 amide bonds. The third kappa shape index (κ3) is 10.2. The highest BCUT2D eigenvalue weighted by atomic mass is 35.5. The van der Waals surface area contributed by atoms with Gasteiger partial charge in [-0.05, 0) is 97.3 Å². The van der Waals surface area contributed by atoms with Crippen LogP contribution < -0.4 is 21.8 Å². The van der Waals surface area contributed by atoms with Gasteiger partial charge in [-0.1, -0.05) is 43.0 Å². The van der Waals surface area contributed by atoms with Crippen LogP contribution in [0, 0.1) is 11.3 Å². The lowest BCUT2D eigenvalue weighted by molar-refractivity contribution is -0.156. The van der Waals surface area contributed by atoms with Gasteiger partial charge < -0.3 is 21.1 Å². The largest absolute Gasteiger partial charge is 0.459 e. The zero-order valence-corrected chi connectivity index (χ0v) is 27.1. The van der Waals surface area contributed by atoms with Crippen LogP contribution >= 0.6 is 11.6 Å². The first-order valence-electron chi connectivity index (χ1n) is 15.4. The molecular weight excluding hydrogens is 554 g/mol. The van der Waals surface area contributed by atoms with Crippen LogP contribution in [0.4, 0.5) is 0 Å². The Morgan fingerprint density at radius 3 is 2.17 bits per heavy atom. The topological polar surface area (TPSA) is 126 Å². The Morgan fingerprint density at radius 1 is 1.02 bits per heavy atom. The molecule has 1 aromatic rings. The van der Waals surface area contributed by atoms with E-state index < -0.39 is 29.1 Å². The van der Waals surface area contributed by atoms with Gasteiger partial charge in [-0.2, -0.15) is 0 Å². The summed E-state index contributed by atoms with van der Waals surface area (Å²) < 4.78 is 5.40. The van der Waals surface area contributed by atoms with Crippen LogP contribution in [0.1, 0.15) is 92.1 Å². The van der Waals surface area contributed by atoms with Crippen LogP contribution in [-0.2, 0) is 25.5 Å². The van der Waals surface area contributed by atoms with Crippen molar-refractivity contribution in [2.75, 3.05) is 19.6 Å². The van der Waals surface area contributed by atoms with Crippen LogP contribution in [0.3, 0.4) is 0 Å². The Morgan fingerprint density at radius 2 is 1.62 bits per heavy atom. The number of piperidine rings is 1. The number of hydrazine groups is 1. The molecule has 0 spiro atoms. The molecule has 236 valence electrons. The number of hydrogen-bond donors (Lipinski definition) is 4. The maximum Gasteiger partial charge on any atom is 0.324 e. The van der Waals surface area contributed by atoms with E-state index in [-0.39, 0.29) is 23.9 Å². The standard InChI is InChI=1S/C32H52ClN5O4/c1-30(2,3)36-29(41)32(23-10-8-7-9-11-23)16-18-38(19-17-32)37-27(39)26(20-22-12-14-24(33)15-13-22)35-21-25(34)28(40)42-31(4,5)6/h12-15,23,25-26,35H,7-11,16-21,34H2,1-6H3,(H,36,41)(H,37,39)/t25?,26-/m1/s1. The predicted molar refractivity (Wildman–Crippen MR) is 167 cm³/mol. The molecule has 1 aromatic carbocycles. The summed E-state index contributed by atoms with van der Waals surface area (Å²) in [5, 5.41) is 9.00. The second-order valence-electron chi connectivity index (χ2n) is 14.1. The van der Waals surface area contributed by atoms with Crippen molar-refractivity contribution in [3.8, 4) is 0 Å². The number of nitrogens with one attached hydrogen (secondary N) is 3. The summed E-state index contributed by atoms with van der Waals surface area (Å²) >= 11 is 6.07. The van der Waals surface area contributed by atoms with Crippen LogP contribution in [0.15, 0.2) is 24.3 Å². The van der Waals surface area contributed by atoms with E-state index >= 15 is 0 Å². The number of carbonyl (C=O) groups excluding carboxylic acids is 3. The molecule has 2 aliphatic rings. The summed E-state index contributed by atoms with van der Waals surface area (Å²) in [6, 6.07) is 5.77. The van der Waals surface area contributed by atoms with Crippen LogP contribution in [-0.4, -0.2) is 65.7 Å². The van der Waals surface area contributed by atoms with Crippen molar-refractivity contribution in [3.63, 3.8) is 0 Å². The fraction of sp³-hybridized carbons (Fsp3) is 0.719. The lowest BCUT2D eigenvalue weighted by atomic mass is 9.63. The van der Waals surface area contributed by atoms with E-state index in [2.05, 4.69) is 16.1 Å². The molecule has 9 nitrogen and oxygen atoms in total. The fourth-order valence-electron chi connectivity index (χ4n) is 6.04. The predicted octanol–water partition coefficient (Wildman–Crippen LogP) is 4.12. The SMILES string of the molecule is CC(C)(C)NC(=O)C1(C2CCCCC2)CCN(NC(=O)[C@@H](Cc2ccc(Cl)cc2)NCC(N)C(=O)OC(C)(C)C)CC1. The van der Waals surface area contributed by atoms with Gasteiger partial charge in [0.1, 0.15) is 11.6 Å². The van der Waals surface area contributed by atoms with Crippen molar-refractivity contribution < 1.29 is 19.1 Å². The van der Waals surface area contributed by atoms with Gasteiger partial charge in [-0.25, -0.2) is 5.01 Å². The van der Waals surface area contributed by atoms with Gasteiger partial charge in [-0.15, -0.1) is 0 Å². The minimum absolute atomic E-state index is 0.0817. The molecule has 0 bridgehead atoms. The third-order valence-electron chi connectivity index (χ3n) is 8.21. The highest BCUT2D eigenvalue weighted by molar-refractivity contribution is 6.30. The van der Waals surface area contributed by atoms with Crippen molar-refractivity contribution in [1.82, 2.24) is 21.1 Å². The summed E-state index contributed by atoms with van der Waals surface area (Å²) in [5.41, 5.74) is 8.74. The molecule has 1 heterocycles. The Labute approximate surface area is 257 Å². The van der Waals surface area contributed by atoms with Crippen LogP contribution in [0.25, 0.3) is 0 Å². The lowest BCUT2D eigenvalue weighted by Gasteiger charge is -2.47. The maximum atomic E-state index is 13.7. The van der Waals surface area contributed by atoms with Gasteiger partial charge in [0, 0.05) is 30.2 Å². The van der Waals surface area contributed by atoms with E-state index in [4.69, 9.17) is 22.1 Å². The van der Waals surface area contributed by atoms with Gasteiger partial charge in [0.2, 0.25) is 5.91 Å². The molecule has 2 atom stereocenters. The Bertz CT molecular complexity index is 1050. The quantitative estimate of drug-likeness (QED) is 0.296. The Kier molecular flexibility index (Phi) is 11.9. The van der Waals surface area contributed by atoms with Gasteiger partial charge in [-0.3, -0.25) is 19.8 Å². The third-order valence-corrected chi connectivity index (χ3v) is 8.47. The molecule has 1 unspecified atom stereocenters. The maximum absolute atomic E-state index is 13.7. The summed E-state index contributed by atoms with van der Waals surface area (Å²) in [4.78, 5) is 39.7. The molecule has 3 rings (SSSR count). The van der Waals surface area contributed by atoms with E-state index in [1.165, 1.54) is 19.3 Å². The van der Waals surface area contributed by atoms with Crippen molar-refractivity contribution >= 4 is 29.4 Å². The van der Waals surface area contributed by atoms with Gasteiger partial charge in [0.05, 0.1) is 11.5 Å². The van der Waals surface area contributed by atoms with Gasteiger partial charge in [0.15, 0.2) is 0 Å². The molecule has 1 saturated carbocycles. The number of nitrogens with zero attached hydrogens (tertiary/aromatic N) is 1. The number of amides is 2. The van der Waals surface area contributed by atoms with Gasteiger partial charge in [0.25, 0.3) is 5.91 Å². The van der Waals surface area contributed by atoms with E-state index in [1.807, 2.05) is 37.9 Å². The number of hydrogen-bond acceptors (Lipinski definition) is 7. The first-order chi connectivity index (χ1) is 19.6. The van der Waals surface area contributed by atoms with E-state index in [0.717, 1.165) is 18.4 Å². The summed E-state index contributed by atoms with van der Waals surface area (Å²) in [7, 11) is 0. The number of nitrogens with two attached hydrogens (primary N) is 1. The minimum Gasteiger partial charge on any atom is -0.459 e. The van der Waals surface area contributed by atoms with Crippen molar-refractivity contribution in [1.29, 1.82) is 0 Å². The highest BCUT2D eigenvalue weighted by Crippen LogP contribution is 2.46. The first-order valence-corrected chi connectivity index (χ1v) is 15.8. The Balaban J connectivity index is 1.68. The first kappa shape index (κ1) is 34.3. The van der Waals surface area contributed by atoms with Crippen molar-refractivity contribution in [2.45, 2.75) is 116 Å². The number of esters is 1. The number of halogens is 1. The smallest absolute Gasteiger partial charge is 0.324 e. The van der Waals surface area contributed by atoms with E-state index in [9.17, 15) is 14.4 Å². The second kappa shape index (κ2) is 14.5. The fourth-order valence-corrected chi connectivity index (χ4v) is 6.16. The zero-order valence-electron chi connectivity index (χ0n) is 26.4. The van der Waals surface area contributed by atoms with Crippen molar-refractivity contribution in [2.24, 2.45) is 17.1 Å². The molecule has 1 aliphatic carbocycles. The molecule has 1 aliphatic heterocycles. The monoisotopic (exact) mass is 605 g/mol. The number of ether oxygens (including phenoxy) is 1. The Hall–Kier alpha value is -2.20. The summed E-state index contributed by atoms with van der Waals surface area (Å²) in [5.74, 6) is -0.235. The molecular formula is C32H52ClN5O4. The lowest BCUT2D eigenvalue weighted by Crippen LogP contribution is -2.60. The summed E-state index contributed by atoms with van der Waals surface area (Å²) in [6.07, 6.45) is 7.49. The molecule has 5 N–H and O–H groups in total. The summed E-state index contributed by atoms with van der Waals surface area (Å²) in [6.45, 7) is 12.7. The minimum atomic E-state index is -0.919. The molecule has 0 aromatic heterocycles. The van der Waals surface area contributed by atoms with E-state index in [0.29, 0.717) is 43.3 Å². The van der Waals surface area contributed by atoms with Gasteiger partial charge >= 0.3 is 5.97 Å². The molecule has 10 heteroatoms. The number of rotatable bonds is 10. The number of carbonyl (C=O) groups is 3. The van der Waals surface area contributed by atoms with Crippen LogP contribution in [0.2, 0.25) is 5.02 Å². The van der Waals surface area contributed by atoms with E-state index in [1.54, 1.807) is 32.9 Å². The highest BCUT2D eigenvalue weighted by Gasteiger charge is 2.48. The van der Waals surface area contributed by atoms with Crippen LogP contribution in [0.5, 0.6) is 0 Å². The molecule has 1 saturated heterocycles. The average Bonchev–Trinajstić information content (AvgIpc) is 2.91. The number of benzene rings is 1. The normalized spacial score (nSPS) is 19.9. The second-order valence-corrected chi connectivity index (χ2v) is 14.5. The molecule has 0 radical (unpaired) electrons.